The molecule has 0 bridgehead atoms. The highest BCUT2D eigenvalue weighted by atomic mass is 35.5. The average molecular weight is 332 g/mol. The van der Waals surface area contributed by atoms with Crippen LogP contribution < -0.4 is 5.73 Å². The molecule has 0 unspecified atom stereocenters. The van der Waals surface area contributed by atoms with Crippen LogP contribution in [0.5, 0.6) is 0 Å². The highest BCUT2D eigenvalue weighted by Gasteiger charge is 2.29. The monoisotopic (exact) mass is 331 g/mol. The van der Waals surface area contributed by atoms with Gasteiger partial charge < -0.3 is 10.6 Å². The Hall–Kier alpha value is -1.31. The van der Waals surface area contributed by atoms with E-state index in [1.165, 1.54) is 9.21 Å². The van der Waals surface area contributed by atoms with Gasteiger partial charge in [-0.1, -0.05) is 17.7 Å². The van der Waals surface area contributed by atoms with Gasteiger partial charge in [0.25, 0.3) is 0 Å². The molecule has 1 aromatic carbocycles. The minimum absolute atomic E-state index is 0.211. The Kier molecular flexibility index (Phi) is 4.75. The van der Waals surface area contributed by atoms with Crippen molar-refractivity contribution in [1.29, 1.82) is 0 Å². The standard InChI is InChI=1S/C13H18ClN3O3S/c1-10-11(14)4-2-5-12(10)21(19,20)17-7-3-6-16(8-9-17)13(15)18/h2,4-5H,3,6-9H2,1H3,(H2,15,18). The van der Waals surface area contributed by atoms with E-state index in [9.17, 15) is 13.2 Å². The number of sulfonamides is 1. The number of halogens is 1. The molecule has 0 radical (unpaired) electrons. The predicted octanol–water partition coefficient (Wildman–Crippen LogP) is 1.42. The van der Waals surface area contributed by atoms with Crippen molar-refractivity contribution in [1.82, 2.24) is 9.21 Å². The number of hydrogen-bond donors (Lipinski definition) is 1. The number of urea groups is 1. The summed E-state index contributed by atoms with van der Waals surface area (Å²) in [7, 11) is -3.62. The lowest BCUT2D eigenvalue weighted by atomic mass is 10.2. The largest absolute Gasteiger partial charge is 0.351 e. The first-order chi connectivity index (χ1) is 9.84. The molecule has 0 spiro atoms. The van der Waals surface area contributed by atoms with Crippen LogP contribution in [0, 0.1) is 6.92 Å². The maximum atomic E-state index is 12.7. The Morgan fingerprint density at radius 1 is 1.24 bits per heavy atom. The lowest BCUT2D eigenvalue weighted by Gasteiger charge is -2.22. The van der Waals surface area contributed by atoms with Gasteiger partial charge in [-0.2, -0.15) is 4.31 Å². The Bertz CT molecular complexity index is 648. The van der Waals surface area contributed by atoms with Gasteiger partial charge in [0.1, 0.15) is 0 Å². The van der Waals surface area contributed by atoms with E-state index in [-0.39, 0.29) is 11.4 Å². The zero-order chi connectivity index (χ0) is 15.6. The summed E-state index contributed by atoms with van der Waals surface area (Å²) in [4.78, 5) is 12.9. The Labute approximate surface area is 129 Å². The zero-order valence-electron chi connectivity index (χ0n) is 11.8. The van der Waals surface area contributed by atoms with Gasteiger partial charge >= 0.3 is 6.03 Å². The first kappa shape index (κ1) is 16.1. The number of hydrogen-bond acceptors (Lipinski definition) is 3. The van der Waals surface area contributed by atoms with Crippen LogP contribution in [0.1, 0.15) is 12.0 Å². The van der Waals surface area contributed by atoms with Gasteiger partial charge in [0.05, 0.1) is 4.90 Å². The molecule has 8 heteroatoms. The van der Waals surface area contributed by atoms with Crippen LogP contribution in [0.25, 0.3) is 0 Å². The van der Waals surface area contributed by atoms with Gasteiger partial charge in [-0.3, -0.25) is 0 Å². The average Bonchev–Trinajstić information content (AvgIpc) is 2.68. The number of benzene rings is 1. The minimum atomic E-state index is -3.62. The SMILES string of the molecule is Cc1c(Cl)cccc1S(=O)(=O)N1CCCN(C(N)=O)CC1. The normalized spacial score (nSPS) is 17.5. The quantitative estimate of drug-likeness (QED) is 0.889. The number of amides is 2. The first-order valence-electron chi connectivity index (χ1n) is 6.63. The summed E-state index contributed by atoms with van der Waals surface area (Å²) in [6.07, 6.45) is 0.557. The maximum absolute atomic E-state index is 12.7. The summed E-state index contributed by atoms with van der Waals surface area (Å²) < 4.78 is 26.8. The maximum Gasteiger partial charge on any atom is 0.314 e. The van der Waals surface area contributed by atoms with Crippen LogP contribution in [0.2, 0.25) is 5.02 Å². The smallest absolute Gasteiger partial charge is 0.314 e. The second kappa shape index (κ2) is 6.21. The van der Waals surface area contributed by atoms with Crippen molar-refractivity contribution in [2.24, 2.45) is 5.73 Å². The van der Waals surface area contributed by atoms with Gasteiger partial charge in [-0.25, -0.2) is 13.2 Å². The van der Waals surface area contributed by atoms with Crippen LogP contribution in [0.15, 0.2) is 23.1 Å². The lowest BCUT2D eigenvalue weighted by Crippen LogP contribution is -2.39. The van der Waals surface area contributed by atoms with Gasteiger partial charge in [0.15, 0.2) is 0 Å². The fourth-order valence-electron chi connectivity index (χ4n) is 2.36. The third-order valence-corrected chi connectivity index (χ3v) is 6.05. The van der Waals surface area contributed by atoms with Crippen LogP contribution in [0.4, 0.5) is 4.79 Å². The second-order valence-electron chi connectivity index (χ2n) is 4.95. The molecular weight excluding hydrogens is 314 g/mol. The van der Waals surface area contributed by atoms with Crippen molar-refractivity contribution < 1.29 is 13.2 Å². The molecule has 2 amide bonds. The fourth-order valence-corrected chi connectivity index (χ4v) is 4.31. The van der Waals surface area contributed by atoms with Crippen molar-refractivity contribution in [2.45, 2.75) is 18.2 Å². The molecule has 6 nitrogen and oxygen atoms in total. The number of primary amides is 1. The molecule has 0 aliphatic carbocycles. The van der Waals surface area contributed by atoms with Gasteiger partial charge in [-0.05, 0) is 31.0 Å². The van der Waals surface area contributed by atoms with Gasteiger partial charge in [-0.15, -0.1) is 0 Å². The highest BCUT2D eigenvalue weighted by molar-refractivity contribution is 7.89. The van der Waals surface area contributed by atoms with Crippen molar-refractivity contribution >= 4 is 27.7 Å². The molecule has 1 aliphatic rings. The summed E-state index contributed by atoms with van der Waals surface area (Å²) in [6, 6.07) is 4.31. The molecule has 2 rings (SSSR count). The molecule has 0 aromatic heterocycles. The lowest BCUT2D eigenvalue weighted by molar-refractivity contribution is 0.210. The van der Waals surface area contributed by atoms with Crippen molar-refractivity contribution in [3.05, 3.63) is 28.8 Å². The Morgan fingerprint density at radius 3 is 2.62 bits per heavy atom. The number of nitrogens with two attached hydrogens (primary N) is 1. The molecule has 0 saturated carbocycles. The molecule has 116 valence electrons. The molecule has 1 saturated heterocycles. The molecule has 21 heavy (non-hydrogen) atoms. The number of nitrogens with zero attached hydrogens (tertiary/aromatic N) is 2. The zero-order valence-corrected chi connectivity index (χ0v) is 13.3. The topological polar surface area (TPSA) is 83.7 Å². The molecule has 1 aliphatic heterocycles. The summed E-state index contributed by atoms with van der Waals surface area (Å²) in [5.41, 5.74) is 5.78. The number of carbonyl (C=O) groups excluding carboxylic acids is 1. The van der Waals surface area contributed by atoms with E-state index in [4.69, 9.17) is 17.3 Å². The summed E-state index contributed by atoms with van der Waals surface area (Å²) in [5, 5.41) is 0.421. The molecular formula is C13H18ClN3O3S. The molecule has 0 atom stereocenters. The van der Waals surface area contributed by atoms with Crippen LogP contribution in [-0.2, 0) is 10.0 Å². The summed E-state index contributed by atoms with van der Waals surface area (Å²) in [6.45, 7) is 3.04. The van der Waals surface area contributed by atoms with Gasteiger partial charge in [0, 0.05) is 31.2 Å². The van der Waals surface area contributed by atoms with Gasteiger partial charge in [0.2, 0.25) is 10.0 Å². The van der Waals surface area contributed by atoms with Crippen molar-refractivity contribution in [3.63, 3.8) is 0 Å². The van der Waals surface area contributed by atoms with Crippen LogP contribution in [0.3, 0.4) is 0 Å². The Balaban J connectivity index is 2.28. The number of carbonyl (C=O) groups is 1. The first-order valence-corrected chi connectivity index (χ1v) is 8.45. The van der Waals surface area contributed by atoms with Crippen LogP contribution in [-0.4, -0.2) is 49.8 Å². The van der Waals surface area contributed by atoms with E-state index in [1.54, 1.807) is 25.1 Å². The molecule has 2 N–H and O–H groups in total. The fraction of sp³-hybridized carbons (Fsp3) is 0.462. The molecule has 1 fully saturated rings. The van der Waals surface area contributed by atoms with Crippen molar-refractivity contribution in [2.75, 3.05) is 26.2 Å². The number of rotatable bonds is 2. The van der Waals surface area contributed by atoms with E-state index in [2.05, 4.69) is 0 Å². The second-order valence-corrected chi connectivity index (χ2v) is 7.26. The highest BCUT2D eigenvalue weighted by Crippen LogP contribution is 2.26. The van der Waals surface area contributed by atoms with E-state index in [1.807, 2.05) is 0 Å². The van der Waals surface area contributed by atoms with Crippen molar-refractivity contribution in [3.8, 4) is 0 Å². The van der Waals surface area contributed by atoms with Crippen LogP contribution >= 0.6 is 11.6 Å². The summed E-state index contributed by atoms with van der Waals surface area (Å²) >= 11 is 6.00. The van der Waals surface area contributed by atoms with E-state index < -0.39 is 16.1 Å². The van der Waals surface area contributed by atoms with E-state index in [0.29, 0.717) is 36.6 Å². The molecule has 1 heterocycles. The summed E-state index contributed by atoms with van der Waals surface area (Å²) in [5.74, 6) is 0. The van der Waals surface area contributed by atoms with E-state index >= 15 is 0 Å². The third-order valence-electron chi connectivity index (χ3n) is 3.60. The van der Waals surface area contributed by atoms with E-state index in [0.717, 1.165) is 0 Å². The predicted molar refractivity (Wildman–Crippen MR) is 80.7 cm³/mol. The Morgan fingerprint density at radius 2 is 1.95 bits per heavy atom. The minimum Gasteiger partial charge on any atom is -0.351 e. The third kappa shape index (κ3) is 3.30. The molecule has 1 aromatic rings.